The van der Waals surface area contributed by atoms with E-state index in [4.69, 9.17) is 9.47 Å². The number of hydrogen-bond donors (Lipinski definition) is 2. The van der Waals surface area contributed by atoms with Crippen LogP contribution in [0.5, 0.6) is 5.75 Å². The summed E-state index contributed by atoms with van der Waals surface area (Å²) in [5, 5.41) is 5.73. The Morgan fingerprint density at radius 3 is 2.24 bits per heavy atom. The molecule has 0 saturated carbocycles. The molecule has 0 aliphatic heterocycles. The van der Waals surface area contributed by atoms with Gasteiger partial charge in [0.1, 0.15) is 5.75 Å². The normalized spacial score (nSPS) is 10.7. The third kappa shape index (κ3) is 6.90. The van der Waals surface area contributed by atoms with Crippen molar-refractivity contribution in [3.63, 3.8) is 0 Å². The molecule has 0 unspecified atom stereocenters. The van der Waals surface area contributed by atoms with Crippen LogP contribution < -0.4 is 15.4 Å². The molecule has 0 saturated heterocycles. The summed E-state index contributed by atoms with van der Waals surface area (Å²) in [7, 11) is 4.99. The van der Waals surface area contributed by atoms with Gasteiger partial charge in [-0.05, 0) is 48.5 Å². The molecule has 0 fully saturated rings. The number of methoxy groups -OCH3 is 2. The summed E-state index contributed by atoms with van der Waals surface area (Å²) in [4.78, 5) is 27.0. The Hall–Kier alpha value is -3.68. The summed E-state index contributed by atoms with van der Waals surface area (Å²) in [6, 6.07) is 22.5. The van der Waals surface area contributed by atoms with E-state index in [1.807, 2.05) is 54.4 Å². The number of carbonyl (C=O) groups is 2. The molecule has 0 atom stereocenters. The first kappa shape index (κ1) is 24.0. The quantitative estimate of drug-likeness (QED) is 0.489. The highest BCUT2D eigenvalue weighted by atomic mass is 16.5. The van der Waals surface area contributed by atoms with Crippen molar-refractivity contribution in [1.82, 2.24) is 4.90 Å². The summed E-state index contributed by atoms with van der Waals surface area (Å²) in [5.41, 5.74) is 3.71. The number of ether oxygens (including phenoxy) is 2. The molecular formula is C26H29N3O4. The summed E-state index contributed by atoms with van der Waals surface area (Å²) in [6.45, 7) is 1.39. The average molecular weight is 448 g/mol. The molecule has 0 aliphatic carbocycles. The maximum absolute atomic E-state index is 12.7. The fourth-order valence-electron chi connectivity index (χ4n) is 3.29. The van der Waals surface area contributed by atoms with Gasteiger partial charge < -0.3 is 20.1 Å². The van der Waals surface area contributed by atoms with E-state index in [0.717, 1.165) is 11.1 Å². The summed E-state index contributed by atoms with van der Waals surface area (Å²) >= 11 is 0. The molecule has 0 aromatic heterocycles. The largest absolute Gasteiger partial charge is 0.495 e. The SMILES string of the molecule is COCCN(C)CC(=O)Nc1cc(NC(=O)c2ccc(-c3ccccc3)cc2)ccc1OC. The molecule has 0 radical (unpaired) electrons. The fraction of sp³-hybridized carbons (Fsp3) is 0.231. The highest BCUT2D eigenvalue weighted by molar-refractivity contribution is 6.05. The predicted molar refractivity (Wildman–Crippen MR) is 131 cm³/mol. The summed E-state index contributed by atoms with van der Waals surface area (Å²) in [6.07, 6.45) is 0. The van der Waals surface area contributed by atoms with Gasteiger partial charge in [-0.25, -0.2) is 0 Å². The molecule has 172 valence electrons. The number of anilines is 2. The first-order valence-electron chi connectivity index (χ1n) is 10.6. The van der Waals surface area contributed by atoms with Crippen molar-refractivity contribution in [2.45, 2.75) is 0 Å². The molecular weight excluding hydrogens is 418 g/mol. The van der Waals surface area contributed by atoms with Crippen LogP contribution in [0.4, 0.5) is 11.4 Å². The van der Waals surface area contributed by atoms with Gasteiger partial charge in [-0.2, -0.15) is 0 Å². The Bertz CT molecular complexity index is 1070. The van der Waals surface area contributed by atoms with Gasteiger partial charge in [0.25, 0.3) is 5.91 Å². The third-order valence-electron chi connectivity index (χ3n) is 5.08. The van der Waals surface area contributed by atoms with Crippen LogP contribution in [0.3, 0.4) is 0 Å². The molecule has 0 bridgehead atoms. The lowest BCUT2D eigenvalue weighted by molar-refractivity contribution is -0.117. The molecule has 0 aliphatic rings. The minimum Gasteiger partial charge on any atom is -0.495 e. The van der Waals surface area contributed by atoms with Gasteiger partial charge in [0.2, 0.25) is 5.91 Å². The standard InChI is InChI=1S/C26H29N3O4/c1-29(15-16-32-2)18-25(30)28-23-17-22(13-14-24(23)33-3)27-26(31)21-11-9-20(10-12-21)19-7-5-4-6-8-19/h4-14,17H,15-16,18H2,1-3H3,(H,27,31)(H,28,30). The van der Waals surface area contributed by atoms with Crippen molar-refractivity contribution in [3.05, 3.63) is 78.4 Å². The second kappa shape index (κ2) is 11.8. The molecule has 3 aromatic rings. The van der Waals surface area contributed by atoms with E-state index in [1.54, 1.807) is 37.4 Å². The zero-order valence-corrected chi connectivity index (χ0v) is 19.1. The Kier molecular flexibility index (Phi) is 8.57. The van der Waals surface area contributed by atoms with Crippen molar-refractivity contribution in [2.75, 3.05) is 51.6 Å². The summed E-state index contributed by atoms with van der Waals surface area (Å²) < 4.78 is 10.4. The smallest absolute Gasteiger partial charge is 0.255 e. The number of amides is 2. The molecule has 3 aromatic carbocycles. The van der Waals surface area contributed by atoms with Crippen LogP contribution in [-0.2, 0) is 9.53 Å². The zero-order valence-electron chi connectivity index (χ0n) is 19.1. The Labute approximate surface area is 194 Å². The number of carbonyl (C=O) groups excluding carboxylic acids is 2. The maximum Gasteiger partial charge on any atom is 0.255 e. The van der Waals surface area contributed by atoms with E-state index < -0.39 is 0 Å². The number of rotatable bonds is 10. The number of likely N-dealkylation sites (N-methyl/N-ethyl adjacent to an activating group) is 1. The van der Waals surface area contributed by atoms with Gasteiger partial charge in [-0.1, -0.05) is 42.5 Å². The molecule has 3 rings (SSSR count). The van der Waals surface area contributed by atoms with E-state index in [2.05, 4.69) is 10.6 Å². The molecule has 0 heterocycles. The first-order valence-corrected chi connectivity index (χ1v) is 10.6. The van der Waals surface area contributed by atoms with Crippen LogP contribution in [0.25, 0.3) is 11.1 Å². The van der Waals surface area contributed by atoms with Gasteiger partial charge in [-0.3, -0.25) is 14.5 Å². The van der Waals surface area contributed by atoms with E-state index in [0.29, 0.717) is 35.8 Å². The van der Waals surface area contributed by atoms with Crippen LogP contribution >= 0.6 is 0 Å². The fourth-order valence-corrected chi connectivity index (χ4v) is 3.29. The maximum atomic E-state index is 12.7. The minimum atomic E-state index is -0.239. The van der Waals surface area contributed by atoms with Gasteiger partial charge in [0.15, 0.2) is 0 Å². The summed E-state index contributed by atoms with van der Waals surface area (Å²) in [5.74, 6) is 0.0799. The molecule has 2 amide bonds. The molecule has 0 spiro atoms. The first-order chi connectivity index (χ1) is 16.0. The van der Waals surface area contributed by atoms with Crippen molar-refractivity contribution >= 4 is 23.2 Å². The lowest BCUT2D eigenvalue weighted by Crippen LogP contribution is -2.32. The van der Waals surface area contributed by atoms with Crippen LogP contribution in [0.15, 0.2) is 72.8 Å². The van der Waals surface area contributed by atoms with Crippen molar-refractivity contribution < 1.29 is 19.1 Å². The molecule has 7 nitrogen and oxygen atoms in total. The second-order valence-corrected chi connectivity index (χ2v) is 7.59. The molecule has 7 heteroatoms. The lowest BCUT2D eigenvalue weighted by Gasteiger charge is -2.17. The minimum absolute atomic E-state index is 0.188. The van der Waals surface area contributed by atoms with Crippen LogP contribution in [0, 0.1) is 0 Å². The van der Waals surface area contributed by atoms with Gasteiger partial charge >= 0.3 is 0 Å². The van der Waals surface area contributed by atoms with Crippen molar-refractivity contribution in [3.8, 4) is 16.9 Å². The van der Waals surface area contributed by atoms with Crippen molar-refractivity contribution in [1.29, 1.82) is 0 Å². The molecule has 33 heavy (non-hydrogen) atoms. The van der Waals surface area contributed by atoms with Gasteiger partial charge in [0, 0.05) is 24.9 Å². The van der Waals surface area contributed by atoms with Crippen molar-refractivity contribution in [2.24, 2.45) is 0 Å². The Balaban J connectivity index is 1.67. The highest BCUT2D eigenvalue weighted by Gasteiger charge is 2.13. The average Bonchev–Trinajstić information content (AvgIpc) is 2.83. The number of nitrogens with one attached hydrogen (secondary N) is 2. The monoisotopic (exact) mass is 447 g/mol. The van der Waals surface area contributed by atoms with Crippen LogP contribution in [0.2, 0.25) is 0 Å². The Morgan fingerprint density at radius 2 is 1.58 bits per heavy atom. The molecule has 2 N–H and O–H groups in total. The highest BCUT2D eigenvalue weighted by Crippen LogP contribution is 2.28. The third-order valence-corrected chi connectivity index (χ3v) is 5.08. The lowest BCUT2D eigenvalue weighted by atomic mass is 10.0. The Morgan fingerprint density at radius 1 is 0.879 bits per heavy atom. The van der Waals surface area contributed by atoms with Crippen LogP contribution in [-0.4, -0.2) is 57.7 Å². The number of nitrogens with zero attached hydrogens (tertiary/aromatic N) is 1. The van der Waals surface area contributed by atoms with E-state index in [1.165, 1.54) is 7.11 Å². The van der Waals surface area contributed by atoms with Gasteiger partial charge in [0.05, 0.1) is 25.9 Å². The van der Waals surface area contributed by atoms with E-state index >= 15 is 0 Å². The second-order valence-electron chi connectivity index (χ2n) is 7.59. The van der Waals surface area contributed by atoms with Crippen LogP contribution in [0.1, 0.15) is 10.4 Å². The van der Waals surface area contributed by atoms with E-state index in [9.17, 15) is 9.59 Å². The van der Waals surface area contributed by atoms with E-state index in [-0.39, 0.29) is 18.4 Å². The number of hydrogen-bond acceptors (Lipinski definition) is 5. The van der Waals surface area contributed by atoms with Gasteiger partial charge in [-0.15, -0.1) is 0 Å². The number of benzene rings is 3. The topological polar surface area (TPSA) is 79.9 Å². The zero-order chi connectivity index (χ0) is 23.6. The predicted octanol–water partition coefficient (Wildman–Crippen LogP) is 4.13.